The maximum Gasteiger partial charge on any atom is 0.255 e. The Morgan fingerprint density at radius 1 is 1.39 bits per heavy atom. The molecule has 1 aromatic carbocycles. The Labute approximate surface area is 108 Å². The minimum absolute atomic E-state index is 0.0834. The number of nitrogens with one attached hydrogen (secondary N) is 1. The summed E-state index contributed by atoms with van der Waals surface area (Å²) in [7, 11) is 0. The smallest absolute Gasteiger partial charge is 0.255 e. The van der Waals surface area contributed by atoms with Crippen LogP contribution in [0, 0.1) is 5.82 Å². The number of aromatic nitrogens is 1. The summed E-state index contributed by atoms with van der Waals surface area (Å²) in [5.74, 6) is -0.998. The molecule has 1 amide bonds. The molecular weight excluding hydrogens is 257 g/mol. The second-order valence-corrected chi connectivity index (χ2v) is 3.95. The van der Waals surface area contributed by atoms with E-state index in [0.29, 0.717) is 10.7 Å². The van der Waals surface area contributed by atoms with Gasteiger partial charge >= 0.3 is 0 Å². The van der Waals surface area contributed by atoms with Crippen molar-refractivity contribution < 1.29 is 9.18 Å². The molecule has 0 unspecified atom stereocenters. The van der Waals surface area contributed by atoms with Gasteiger partial charge in [-0.15, -0.1) is 0 Å². The van der Waals surface area contributed by atoms with Gasteiger partial charge in [0.05, 0.1) is 22.6 Å². The van der Waals surface area contributed by atoms with Crippen molar-refractivity contribution in [3.8, 4) is 0 Å². The third-order valence-electron chi connectivity index (χ3n) is 2.27. The van der Waals surface area contributed by atoms with Gasteiger partial charge in [-0.3, -0.25) is 9.78 Å². The maximum atomic E-state index is 13.0. The first kappa shape index (κ1) is 12.3. The van der Waals surface area contributed by atoms with Crippen molar-refractivity contribution in [2.45, 2.75) is 0 Å². The first-order valence-corrected chi connectivity index (χ1v) is 5.41. The van der Waals surface area contributed by atoms with E-state index in [-0.39, 0.29) is 11.3 Å². The summed E-state index contributed by atoms with van der Waals surface area (Å²) in [6, 6.07) is 5.28. The minimum atomic E-state index is -0.564. The lowest BCUT2D eigenvalue weighted by Gasteiger charge is -2.07. The zero-order valence-corrected chi connectivity index (χ0v) is 9.91. The molecule has 0 bridgehead atoms. The lowest BCUT2D eigenvalue weighted by atomic mass is 10.2. The van der Waals surface area contributed by atoms with Crippen LogP contribution in [0.3, 0.4) is 0 Å². The van der Waals surface area contributed by atoms with Crippen molar-refractivity contribution in [3.63, 3.8) is 0 Å². The number of hydrogen-bond acceptors (Lipinski definition) is 3. The Morgan fingerprint density at radius 2 is 2.17 bits per heavy atom. The molecule has 92 valence electrons. The van der Waals surface area contributed by atoms with Crippen molar-refractivity contribution in [3.05, 3.63) is 53.1 Å². The summed E-state index contributed by atoms with van der Waals surface area (Å²) < 4.78 is 13.0. The normalized spacial score (nSPS) is 10.1. The molecule has 0 spiro atoms. The second-order valence-electron chi connectivity index (χ2n) is 3.55. The SMILES string of the molecule is Nc1cc(C(=O)Nc2cnccc2Cl)ccc1F. The van der Waals surface area contributed by atoms with Gasteiger partial charge in [-0.05, 0) is 24.3 Å². The molecule has 1 aromatic heterocycles. The second kappa shape index (κ2) is 5.01. The molecule has 0 aliphatic heterocycles. The number of carbonyl (C=O) groups excluding carboxylic acids is 1. The molecule has 0 atom stereocenters. The number of nitrogen functional groups attached to an aromatic ring is 1. The van der Waals surface area contributed by atoms with E-state index in [1.165, 1.54) is 24.5 Å². The zero-order chi connectivity index (χ0) is 13.1. The van der Waals surface area contributed by atoms with E-state index in [1.807, 2.05) is 0 Å². The summed E-state index contributed by atoms with van der Waals surface area (Å²) in [5, 5.41) is 2.93. The highest BCUT2D eigenvalue weighted by atomic mass is 35.5. The molecule has 0 aliphatic rings. The van der Waals surface area contributed by atoms with Gasteiger partial charge in [-0.1, -0.05) is 11.6 Å². The number of amides is 1. The van der Waals surface area contributed by atoms with Gasteiger partial charge in [0.15, 0.2) is 0 Å². The minimum Gasteiger partial charge on any atom is -0.396 e. The Hall–Kier alpha value is -2.14. The quantitative estimate of drug-likeness (QED) is 0.821. The number of nitrogens with zero attached hydrogens (tertiary/aromatic N) is 1. The highest BCUT2D eigenvalue weighted by molar-refractivity contribution is 6.33. The van der Waals surface area contributed by atoms with Crippen LogP contribution in [0.15, 0.2) is 36.7 Å². The van der Waals surface area contributed by atoms with Crippen molar-refractivity contribution in [2.24, 2.45) is 0 Å². The van der Waals surface area contributed by atoms with E-state index in [0.717, 1.165) is 6.07 Å². The average Bonchev–Trinajstić information content (AvgIpc) is 2.35. The Balaban J connectivity index is 2.22. The predicted octanol–water partition coefficient (Wildman–Crippen LogP) is 2.71. The summed E-state index contributed by atoms with van der Waals surface area (Å²) >= 11 is 5.87. The highest BCUT2D eigenvalue weighted by Gasteiger charge is 2.10. The van der Waals surface area contributed by atoms with E-state index in [4.69, 9.17) is 17.3 Å². The van der Waals surface area contributed by atoms with Crippen LogP contribution in [0.5, 0.6) is 0 Å². The molecule has 0 saturated heterocycles. The molecule has 1 heterocycles. The summed E-state index contributed by atoms with van der Waals surface area (Å²) in [6.45, 7) is 0. The number of carbonyl (C=O) groups is 1. The van der Waals surface area contributed by atoms with Gasteiger partial charge in [-0.25, -0.2) is 4.39 Å². The van der Waals surface area contributed by atoms with Gasteiger partial charge in [0, 0.05) is 11.8 Å². The van der Waals surface area contributed by atoms with E-state index in [1.54, 1.807) is 6.07 Å². The topological polar surface area (TPSA) is 68.0 Å². The number of anilines is 2. The monoisotopic (exact) mass is 265 g/mol. The number of pyridine rings is 1. The molecular formula is C12H9ClFN3O. The van der Waals surface area contributed by atoms with Gasteiger partial charge < -0.3 is 11.1 Å². The van der Waals surface area contributed by atoms with Crippen LogP contribution in [0.2, 0.25) is 5.02 Å². The third kappa shape index (κ3) is 2.57. The van der Waals surface area contributed by atoms with Gasteiger partial charge in [0.1, 0.15) is 5.82 Å². The van der Waals surface area contributed by atoms with E-state index >= 15 is 0 Å². The molecule has 0 fully saturated rings. The van der Waals surface area contributed by atoms with Crippen LogP contribution in [-0.4, -0.2) is 10.9 Å². The molecule has 2 aromatic rings. The lowest BCUT2D eigenvalue weighted by Crippen LogP contribution is -2.13. The molecule has 4 nitrogen and oxygen atoms in total. The predicted molar refractivity (Wildman–Crippen MR) is 68.0 cm³/mol. The number of halogens is 2. The van der Waals surface area contributed by atoms with Crippen molar-refractivity contribution in [1.29, 1.82) is 0 Å². The average molecular weight is 266 g/mol. The standard InChI is InChI=1S/C12H9ClFN3O/c13-8-3-4-16-6-11(8)17-12(18)7-1-2-9(14)10(15)5-7/h1-6H,15H2,(H,17,18). The van der Waals surface area contributed by atoms with Crippen LogP contribution in [0.4, 0.5) is 15.8 Å². The van der Waals surface area contributed by atoms with Crippen molar-refractivity contribution >= 4 is 28.9 Å². The molecule has 0 radical (unpaired) electrons. The fourth-order valence-corrected chi connectivity index (χ4v) is 1.50. The lowest BCUT2D eigenvalue weighted by molar-refractivity contribution is 0.102. The highest BCUT2D eigenvalue weighted by Crippen LogP contribution is 2.20. The summed E-state index contributed by atoms with van der Waals surface area (Å²) in [5.41, 5.74) is 5.93. The Morgan fingerprint density at radius 3 is 2.83 bits per heavy atom. The number of rotatable bonds is 2. The fraction of sp³-hybridized carbons (Fsp3) is 0. The van der Waals surface area contributed by atoms with Crippen molar-refractivity contribution in [1.82, 2.24) is 4.98 Å². The van der Waals surface area contributed by atoms with Crippen LogP contribution in [-0.2, 0) is 0 Å². The molecule has 3 N–H and O–H groups in total. The van der Waals surface area contributed by atoms with Crippen molar-refractivity contribution in [2.75, 3.05) is 11.1 Å². The van der Waals surface area contributed by atoms with Crippen LogP contribution < -0.4 is 11.1 Å². The number of nitrogens with two attached hydrogens (primary N) is 1. The number of hydrogen-bond donors (Lipinski definition) is 2. The first-order valence-electron chi connectivity index (χ1n) is 5.04. The number of benzene rings is 1. The first-order chi connectivity index (χ1) is 8.58. The van der Waals surface area contributed by atoms with Crippen LogP contribution >= 0.6 is 11.6 Å². The molecule has 2 rings (SSSR count). The Kier molecular flexibility index (Phi) is 3.43. The Bertz CT molecular complexity index is 604. The molecule has 18 heavy (non-hydrogen) atoms. The van der Waals surface area contributed by atoms with Crippen LogP contribution in [0.25, 0.3) is 0 Å². The molecule has 0 aliphatic carbocycles. The van der Waals surface area contributed by atoms with Gasteiger partial charge in [0.2, 0.25) is 0 Å². The zero-order valence-electron chi connectivity index (χ0n) is 9.15. The van der Waals surface area contributed by atoms with Gasteiger partial charge in [0.25, 0.3) is 5.91 Å². The maximum absolute atomic E-state index is 13.0. The largest absolute Gasteiger partial charge is 0.396 e. The third-order valence-corrected chi connectivity index (χ3v) is 2.60. The van der Waals surface area contributed by atoms with E-state index in [9.17, 15) is 9.18 Å². The van der Waals surface area contributed by atoms with E-state index in [2.05, 4.69) is 10.3 Å². The molecule has 6 heteroatoms. The van der Waals surface area contributed by atoms with Crippen LogP contribution in [0.1, 0.15) is 10.4 Å². The fourth-order valence-electron chi connectivity index (χ4n) is 1.35. The van der Waals surface area contributed by atoms with Gasteiger partial charge in [-0.2, -0.15) is 0 Å². The van der Waals surface area contributed by atoms with E-state index < -0.39 is 11.7 Å². The summed E-state index contributed by atoms with van der Waals surface area (Å²) in [6.07, 6.45) is 2.93. The summed E-state index contributed by atoms with van der Waals surface area (Å²) in [4.78, 5) is 15.7. The molecule has 0 saturated carbocycles.